The zero-order valence-corrected chi connectivity index (χ0v) is 11.0. The second-order valence-electron chi connectivity index (χ2n) is 3.99. The van der Waals surface area contributed by atoms with E-state index in [1.807, 2.05) is 0 Å². The number of carboxylic acid groups (broad SMARTS) is 1. The van der Waals surface area contributed by atoms with E-state index in [1.54, 1.807) is 25.1 Å². The van der Waals surface area contributed by atoms with Crippen molar-refractivity contribution in [3.05, 3.63) is 29.3 Å². The molecule has 0 spiro atoms. The number of aromatic carboxylic acids is 1. The van der Waals surface area contributed by atoms with E-state index in [0.717, 1.165) is 19.3 Å². The first-order valence-corrected chi connectivity index (χ1v) is 7.11. The molecule has 0 heterocycles. The number of carbonyl (C=O) groups is 1. The van der Waals surface area contributed by atoms with Gasteiger partial charge in [0.1, 0.15) is 0 Å². The van der Waals surface area contributed by atoms with Gasteiger partial charge in [-0.2, -0.15) is 0 Å². The fourth-order valence-electron chi connectivity index (χ4n) is 1.69. The lowest BCUT2D eigenvalue weighted by Gasteiger charge is -2.08. The molecule has 1 atom stereocenters. The van der Waals surface area contributed by atoms with Crippen LogP contribution in [0.5, 0.6) is 0 Å². The molecule has 0 aliphatic heterocycles. The lowest BCUT2D eigenvalue weighted by Crippen LogP contribution is -2.06. The fourth-order valence-corrected chi connectivity index (χ4v) is 3.05. The van der Waals surface area contributed by atoms with Crippen molar-refractivity contribution in [2.45, 2.75) is 38.0 Å². The Bertz CT molecular complexity index is 427. The summed E-state index contributed by atoms with van der Waals surface area (Å²) in [5, 5.41) is 8.99. The van der Waals surface area contributed by atoms with Gasteiger partial charge >= 0.3 is 5.97 Å². The Morgan fingerprint density at radius 1 is 1.35 bits per heavy atom. The number of unbranched alkanes of at least 4 members (excludes halogenated alkanes) is 2. The highest BCUT2D eigenvalue weighted by atomic mass is 32.2. The quantitative estimate of drug-likeness (QED) is 0.794. The molecule has 0 fully saturated rings. The van der Waals surface area contributed by atoms with E-state index in [1.165, 1.54) is 0 Å². The molecule has 0 amide bonds. The van der Waals surface area contributed by atoms with Crippen LogP contribution in [0.15, 0.2) is 23.1 Å². The largest absolute Gasteiger partial charge is 0.478 e. The molecule has 0 radical (unpaired) electrons. The Morgan fingerprint density at radius 2 is 2.06 bits per heavy atom. The summed E-state index contributed by atoms with van der Waals surface area (Å²) in [4.78, 5) is 11.6. The lowest BCUT2D eigenvalue weighted by molar-refractivity contribution is 0.0696. The van der Waals surface area contributed by atoms with E-state index in [9.17, 15) is 9.00 Å². The maximum absolute atomic E-state index is 12.0. The summed E-state index contributed by atoms with van der Waals surface area (Å²) in [6.45, 7) is 3.82. The van der Waals surface area contributed by atoms with Crippen molar-refractivity contribution < 1.29 is 14.1 Å². The van der Waals surface area contributed by atoms with Crippen LogP contribution >= 0.6 is 0 Å². The van der Waals surface area contributed by atoms with Crippen LogP contribution in [-0.2, 0) is 10.8 Å². The zero-order chi connectivity index (χ0) is 12.8. The molecule has 1 aromatic rings. The predicted molar refractivity (Wildman–Crippen MR) is 68.9 cm³/mol. The number of benzene rings is 1. The summed E-state index contributed by atoms with van der Waals surface area (Å²) in [6, 6.07) is 4.96. The Kier molecular flexibility index (Phi) is 5.35. The molecule has 0 saturated heterocycles. The molecule has 1 aromatic carbocycles. The number of hydrogen-bond donors (Lipinski definition) is 1. The minimum absolute atomic E-state index is 0.242. The molecule has 0 saturated carbocycles. The lowest BCUT2D eigenvalue weighted by atomic mass is 10.1. The highest BCUT2D eigenvalue weighted by Gasteiger charge is 2.13. The fraction of sp³-hybridized carbons (Fsp3) is 0.462. The molecular formula is C13H18O3S. The first kappa shape index (κ1) is 13.9. The molecule has 3 nitrogen and oxygen atoms in total. The van der Waals surface area contributed by atoms with E-state index in [4.69, 9.17) is 5.11 Å². The van der Waals surface area contributed by atoms with Gasteiger partial charge in [-0.05, 0) is 31.0 Å². The van der Waals surface area contributed by atoms with Gasteiger partial charge in [0.25, 0.3) is 0 Å². The third-order valence-corrected chi connectivity index (χ3v) is 4.29. The van der Waals surface area contributed by atoms with Crippen molar-refractivity contribution in [3.8, 4) is 0 Å². The third-order valence-electron chi connectivity index (χ3n) is 2.69. The van der Waals surface area contributed by atoms with Gasteiger partial charge in [0.15, 0.2) is 0 Å². The maximum Gasteiger partial charge on any atom is 0.335 e. The minimum atomic E-state index is -1.09. The smallest absolute Gasteiger partial charge is 0.335 e. The van der Waals surface area contributed by atoms with Gasteiger partial charge in [-0.25, -0.2) is 4.79 Å². The Balaban J connectivity index is 2.87. The first-order chi connectivity index (χ1) is 8.07. The van der Waals surface area contributed by atoms with E-state index in [2.05, 4.69) is 6.92 Å². The summed E-state index contributed by atoms with van der Waals surface area (Å²) < 4.78 is 12.0. The third kappa shape index (κ3) is 3.66. The molecule has 0 aliphatic rings. The van der Waals surface area contributed by atoms with Crippen LogP contribution in [0.4, 0.5) is 0 Å². The number of carboxylic acids is 1. The van der Waals surface area contributed by atoms with Gasteiger partial charge in [-0.1, -0.05) is 25.8 Å². The topological polar surface area (TPSA) is 54.4 Å². The van der Waals surface area contributed by atoms with Gasteiger partial charge in [-0.15, -0.1) is 0 Å². The number of rotatable bonds is 6. The van der Waals surface area contributed by atoms with Crippen LogP contribution in [0.3, 0.4) is 0 Å². The highest BCUT2D eigenvalue weighted by Crippen LogP contribution is 2.18. The van der Waals surface area contributed by atoms with E-state index in [0.29, 0.717) is 16.2 Å². The zero-order valence-electron chi connectivity index (χ0n) is 10.2. The molecule has 94 valence electrons. The monoisotopic (exact) mass is 254 g/mol. The first-order valence-electron chi connectivity index (χ1n) is 5.79. The van der Waals surface area contributed by atoms with E-state index < -0.39 is 16.8 Å². The van der Waals surface area contributed by atoms with Gasteiger partial charge in [0, 0.05) is 10.6 Å². The molecule has 1 N–H and O–H groups in total. The van der Waals surface area contributed by atoms with Gasteiger partial charge < -0.3 is 5.11 Å². The molecule has 1 rings (SSSR count). The van der Waals surface area contributed by atoms with Crippen LogP contribution in [0.25, 0.3) is 0 Å². The minimum Gasteiger partial charge on any atom is -0.478 e. The normalized spacial score (nSPS) is 12.4. The Labute approximate surface area is 104 Å². The maximum atomic E-state index is 12.0. The SMILES string of the molecule is CCCCCS(=O)c1cccc(C(=O)O)c1C. The van der Waals surface area contributed by atoms with Crippen LogP contribution in [0.2, 0.25) is 0 Å². The molecule has 0 aliphatic carbocycles. The van der Waals surface area contributed by atoms with Gasteiger partial charge in [0.05, 0.1) is 16.4 Å². The molecule has 0 bridgehead atoms. The van der Waals surface area contributed by atoms with Crippen molar-refractivity contribution in [3.63, 3.8) is 0 Å². The average Bonchev–Trinajstić information content (AvgIpc) is 2.29. The van der Waals surface area contributed by atoms with E-state index >= 15 is 0 Å². The Hall–Kier alpha value is -1.16. The molecule has 1 unspecified atom stereocenters. The summed E-state index contributed by atoms with van der Waals surface area (Å²) in [6.07, 6.45) is 3.06. The van der Waals surface area contributed by atoms with Crippen LogP contribution in [-0.4, -0.2) is 21.0 Å². The summed E-state index contributed by atoms with van der Waals surface area (Å²) in [7, 11) is -1.09. The van der Waals surface area contributed by atoms with Crippen LogP contribution in [0.1, 0.15) is 42.1 Å². The highest BCUT2D eigenvalue weighted by molar-refractivity contribution is 7.85. The Morgan fingerprint density at radius 3 is 2.65 bits per heavy atom. The molecule has 0 aromatic heterocycles. The second kappa shape index (κ2) is 6.55. The molecular weight excluding hydrogens is 236 g/mol. The predicted octanol–water partition coefficient (Wildman–Crippen LogP) is 2.99. The van der Waals surface area contributed by atoms with E-state index in [-0.39, 0.29) is 5.56 Å². The van der Waals surface area contributed by atoms with Crippen molar-refractivity contribution in [1.82, 2.24) is 0 Å². The summed E-state index contributed by atoms with van der Waals surface area (Å²) in [5.41, 5.74) is 0.862. The average molecular weight is 254 g/mol. The van der Waals surface area contributed by atoms with Crippen molar-refractivity contribution in [2.75, 3.05) is 5.75 Å². The van der Waals surface area contributed by atoms with Crippen molar-refractivity contribution >= 4 is 16.8 Å². The second-order valence-corrected chi connectivity index (χ2v) is 5.53. The standard InChI is InChI=1S/C13H18O3S/c1-3-4-5-9-17(16)12-8-6-7-11(10(12)2)13(14)15/h6-8H,3-5,9H2,1-2H3,(H,14,15). The molecule has 4 heteroatoms. The van der Waals surface area contributed by atoms with Crippen LogP contribution < -0.4 is 0 Å². The van der Waals surface area contributed by atoms with Gasteiger partial charge in [0.2, 0.25) is 0 Å². The number of hydrogen-bond acceptors (Lipinski definition) is 2. The molecule has 17 heavy (non-hydrogen) atoms. The summed E-state index contributed by atoms with van der Waals surface area (Å²) in [5.74, 6) is -0.354. The van der Waals surface area contributed by atoms with Crippen molar-refractivity contribution in [1.29, 1.82) is 0 Å². The van der Waals surface area contributed by atoms with Gasteiger partial charge in [-0.3, -0.25) is 4.21 Å². The van der Waals surface area contributed by atoms with Crippen LogP contribution in [0, 0.1) is 6.92 Å². The van der Waals surface area contributed by atoms with Crippen molar-refractivity contribution in [2.24, 2.45) is 0 Å². The summed E-state index contributed by atoms with van der Waals surface area (Å²) >= 11 is 0.